The summed E-state index contributed by atoms with van der Waals surface area (Å²) in [6.45, 7) is 2.20. The predicted molar refractivity (Wildman–Crippen MR) is 99.4 cm³/mol. The lowest BCUT2D eigenvalue weighted by molar-refractivity contribution is 0.0987. The Bertz CT molecular complexity index is 715. The molecule has 2 atom stereocenters. The smallest absolute Gasteiger partial charge is 0.141 e. The Kier molecular flexibility index (Phi) is 5.57. The van der Waals surface area contributed by atoms with Gasteiger partial charge in [-0.05, 0) is 54.9 Å². The summed E-state index contributed by atoms with van der Waals surface area (Å²) in [5, 5.41) is 11.2. The summed E-state index contributed by atoms with van der Waals surface area (Å²) in [5.74, 6) is 1.48. The number of rotatable bonds is 5. The van der Waals surface area contributed by atoms with E-state index in [-0.39, 0.29) is 11.9 Å². The molecule has 2 aromatic rings. The van der Waals surface area contributed by atoms with Crippen molar-refractivity contribution in [2.45, 2.75) is 45.1 Å². The second kappa shape index (κ2) is 7.67. The number of benzene rings is 2. The molecule has 3 rings (SSSR count). The Balaban J connectivity index is 1.77. The average molecular weight is 365 g/mol. The minimum Gasteiger partial charge on any atom is -0.506 e. The zero-order valence-electron chi connectivity index (χ0n) is 13.8. The van der Waals surface area contributed by atoms with E-state index in [4.69, 9.17) is 27.9 Å². The summed E-state index contributed by atoms with van der Waals surface area (Å²) < 4.78 is 6.27. The lowest BCUT2D eigenvalue weighted by atomic mass is 9.84. The predicted octanol–water partition coefficient (Wildman–Crippen LogP) is 6.05. The molecule has 2 aromatic carbocycles. The van der Waals surface area contributed by atoms with Crippen LogP contribution in [0.15, 0.2) is 36.4 Å². The lowest BCUT2D eigenvalue weighted by Crippen LogP contribution is -2.33. The van der Waals surface area contributed by atoms with E-state index in [1.165, 1.54) is 5.56 Å². The van der Waals surface area contributed by atoms with Crippen LogP contribution in [0.2, 0.25) is 10.0 Å². The van der Waals surface area contributed by atoms with Gasteiger partial charge in [0.1, 0.15) is 17.6 Å². The number of hydrogen-bond acceptors (Lipinski definition) is 2. The molecule has 0 fully saturated rings. The van der Waals surface area contributed by atoms with E-state index in [9.17, 15) is 5.11 Å². The van der Waals surface area contributed by atoms with Crippen LogP contribution in [-0.4, -0.2) is 11.2 Å². The van der Waals surface area contributed by atoms with E-state index in [1.54, 1.807) is 6.07 Å². The third-order valence-corrected chi connectivity index (χ3v) is 5.36. The lowest BCUT2D eigenvalue weighted by Gasteiger charge is -2.34. The van der Waals surface area contributed by atoms with Gasteiger partial charge in [0.25, 0.3) is 0 Å². The van der Waals surface area contributed by atoms with E-state index in [0.29, 0.717) is 16.0 Å². The maximum absolute atomic E-state index is 10.1. The molecule has 2 nitrogen and oxygen atoms in total. The minimum atomic E-state index is 0.107. The van der Waals surface area contributed by atoms with Gasteiger partial charge < -0.3 is 9.84 Å². The van der Waals surface area contributed by atoms with Crippen molar-refractivity contribution in [3.8, 4) is 11.5 Å². The summed E-state index contributed by atoms with van der Waals surface area (Å²) in [7, 11) is 0. The van der Waals surface area contributed by atoms with E-state index in [0.717, 1.165) is 43.4 Å². The van der Waals surface area contributed by atoms with Crippen molar-refractivity contribution in [1.29, 1.82) is 0 Å². The second-order valence-electron chi connectivity index (χ2n) is 6.42. The van der Waals surface area contributed by atoms with Gasteiger partial charge in [-0.3, -0.25) is 0 Å². The Morgan fingerprint density at radius 2 is 1.83 bits per heavy atom. The summed E-state index contributed by atoms with van der Waals surface area (Å²) in [4.78, 5) is 0. The van der Waals surface area contributed by atoms with Gasteiger partial charge in [-0.25, -0.2) is 0 Å². The van der Waals surface area contributed by atoms with Crippen molar-refractivity contribution in [3.05, 3.63) is 57.6 Å². The van der Waals surface area contributed by atoms with E-state index in [1.807, 2.05) is 24.3 Å². The van der Waals surface area contributed by atoms with Crippen molar-refractivity contribution in [1.82, 2.24) is 0 Å². The highest BCUT2D eigenvalue weighted by Gasteiger charge is 2.30. The van der Waals surface area contributed by atoms with Crippen LogP contribution in [0.3, 0.4) is 0 Å². The van der Waals surface area contributed by atoms with Crippen molar-refractivity contribution < 1.29 is 9.84 Å². The van der Waals surface area contributed by atoms with Crippen LogP contribution >= 0.6 is 23.2 Å². The van der Waals surface area contributed by atoms with Crippen LogP contribution in [0.4, 0.5) is 0 Å². The van der Waals surface area contributed by atoms with Crippen LogP contribution in [0.25, 0.3) is 0 Å². The quantitative estimate of drug-likeness (QED) is 0.699. The number of ether oxygens (including phenoxy) is 1. The van der Waals surface area contributed by atoms with Gasteiger partial charge in [-0.15, -0.1) is 0 Å². The molecule has 0 bridgehead atoms. The molecule has 24 heavy (non-hydrogen) atoms. The van der Waals surface area contributed by atoms with Gasteiger partial charge in [0.15, 0.2) is 0 Å². The van der Waals surface area contributed by atoms with Crippen LogP contribution in [0.1, 0.15) is 37.3 Å². The largest absolute Gasteiger partial charge is 0.506 e. The van der Waals surface area contributed by atoms with Gasteiger partial charge in [-0.1, -0.05) is 60.8 Å². The number of hydrogen-bond donors (Lipinski definition) is 1. The zero-order valence-corrected chi connectivity index (χ0v) is 15.3. The van der Waals surface area contributed by atoms with Crippen LogP contribution < -0.4 is 4.74 Å². The molecule has 0 radical (unpaired) electrons. The number of halogens is 2. The number of phenolic OH excluding ortho intramolecular Hbond substituents is 1. The third-order valence-electron chi connectivity index (χ3n) is 4.75. The molecule has 1 aliphatic rings. The molecule has 1 heterocycles. The summed E-state index contributed by atoms with van der Waals surface area (Å²) in [6.07, 6.45) is 4.92. The molecule has 0 amide bonds. The topological polar surface area (TPSA) is 29.5 Å². The fourth-order valence-corrected chi connectivity index (χ4v) is 3.95. The first-order valence-electron chi connectivity index (χ1n) is 8.50. The average Bonchev–Trinajstić information content (AvgIpc) is 2.57. The standard InChI is InChI=1S/C20H22Cl2O2/c1-2-5-14-12-15-7-4-9-17(22)20(15)24-18(14)11-10-13-6-3-8-16(21)19(13)23/h3-4,6-9,14,18,23H,2,5,10-12H2,1H3. The number of para-hydroxylation sites is 2. The number of aromatic hydroxyl groups is 1. The molecule has 0 saturated heterocycles. The van der Waals surface area contributed by atoms with Crippen LogP contribution in [-0.2, 0) is 12.8 Å². The molecular formula is C20H22Cl2O2. The highest BCUT2D eigenvalue weighted by molar-refractivity contribution is 6.32. The maximum atomic E-state index is 10.1. The van der Waals surface area contributed by atoms with E-state index >= 15 is 0 Å². The van der Waals surface area contributed by atoms with Crippen molar-refractivity contribution in [2.24, 2.45) is 5.92 Å². The SMILES string of the molecule is CCCC1Cc2cccc(Cl)c2OC1CCc1cccc(Cl)c1O. The molecule has 2 unspecified atom stereocenters. The molecule has 4 heteroatoms. The van der Waals surface area contributed by atoms with Crippen molar-refractivity contribution in [2.75, 3.05) is 0 Å². The molecule has 0 aliphatic carbocycles. The number of aryl methyl sites for hydroxylation is 1. The van der Waals surface area contributed by atoms with Crippen molar-refractivity contribution in [3.63, 3.8) is 0 Å². The highest BCUT2D eigenvalue weighted by atomic mass is 35.5. The molecule has 128 valence electrons. The first-order valence-corrected chi connectivity index (χ1v) is 9.26. The monoisotopic (exact) mass is 364 g/mol. The molecule has 0 aromatic heterocycles. The first kappa shape index (κ1) is 17.4. The highest BCUT2D eigenvalue weighted by Crippen LogP contribution is 2.39. The van der Waals surface area contributed by atoms with Crippen molar-refractivity contribution >= 4 is 23.2 Å². The summed E-state index contributed by atoms with van der Waals surface area (Å²) in [5.41, 5.74) is 2.06. The summed E-state index contributed by atoms with van der Waals surface area (Å²) in [6, 6.07) is 11.4. The van der Waals surface area contributed by atoms with E-state index < -0.39 is 0 Å². The Labute approximate surface area is 153 Å². The Hall–Kier alpha value is -1.38. The zero-order chi connectivity index (χ0) is 17.1. The number of fused-ring (bicyclic) bond motifs is 1. The summed E-state index contributed by atoms with van der Waals surface area (Å²) >= 11 is 12.3. The first-order chi connectivity index (χ1) is 11.6. The van der Waals surface area contributed by atoms with Gasteiger partial charge >= 0.3 is 0 Å². The van der Waals surface area contributed by atoms with Crippen LogP contribution in [0.5, 0.6) is 11.5 Å². The van der Waals surface area contributed by atoms with Gasteiger partial charge in [-0.2, -0.15) is 0 Å². The number of phenols is 1. The van der Waals surface area contributed by atoms with E-state index in [2.05, 4.69) is 13.0 Å². The van der Waals surface area contributed by atoms with Crippen LogP contribution in [0, 0.1) is 5.92 Å². The second-order valence-corrected chi connectivity index (χ2v) is 7.24. The maximum Gasteiger partial charge on any atom is 0.141 e. The molecular weight excluding hydrogens is 343 g/mol. The van der Waals surface area contributed by atoms with Gasteiger partial charge in [0.05, 0.1) is 10.0 Å². The fourth-order valence-electron chi connectivity index (χ4n) is 3.52. The normalized spacial score (nSPS) is 19.6. The minimum absolute atomic E-state index is 0.107. The third kappa shape index (κ3) is 3.65. The molecule has 1 N–H and O–H groups in total. The molecule has 0 spiro atoms. The Morgan fingerprint density at radius 3 is 2.62 bits per heavy atom. The molecule has 1 aliphatic heterocycles. The fraction of sp³-hybridized carbons (Fsp3) is 0.400. The Morgan fingerprint density at radius 1 is 1.08 bits per heavy atom. The van der Waals surface area contributed by atoms with Gasteiger partial charge in [0, 0.05) is 0 Å². The molecule has 0 saturated carbocycles. The van der Waals surface area contributed by atoms with Gasteiger partial charge in [0.2, 0.25) is 0 Å².